The van der Waals surface area contributed by atoms with Crippen LogP contribution in [0.1, 0.15) is 26.3 Å². The second-order valence-corrected chi connectivity index (χ2v) is 5.25. The molecule has 1 aromatic carbocycles. The second kappa shape index (κ2) is 7.75. The molecule has 0 aliphatic heterocycles. The van der Waals surface area contributed by atoms with Crippen LogP contribution in [0.3, 0.4) is 0 Å². The van der Waals surface area contributed by atoms with Gasteiger partial charge in [0.05, 0.1) is 6.10 Å². The van der Waals surface area contributed by atoms with Gasteiger partial charge in [0.25, 0.3) is 0 Å². The minimum Gasteiger partial charge on any atom is -0.392 e. The Hall–Kier alpha value is -1.75. The van der Waals surface area contributed by atoms with E-state index in [4.69, 9.17) is 5.11 Å². The molecule has 0 heterocycles. The van der Waals surface area contributed by atoms with Crippen molar-refractivity contribution in [1.29, 1.82) is 0 Å². The normalized spacial score (nSPS) is 12.1. The number of para-hydroxylation sites is 1. The van der Waals surface area contributed by atoms with Gasteiger partial charge in [-0.3, -0.25) is 0 Å². The Morgan fingerprint density at radius 1 is 1.25 bits per heavy atom. The lowest BCUT2D eigenvalue weighted by molar-refractivity contribution is 0.187. The molecule has 112 valence electrons. The number of urea groups is 1. The van der Waals surface area contributed by atoms with Gasteiger partial charge in [-0.15, -0.1) is 0 Å². The van der Waals surface area contributed by atoms with E-state index in [-0.39, 0.29) is 12.6 Å². The summed E-state index contributed by atoms with van der Waals surface area (Å²) in [4.78, 5) is 13.8. The molecule has 20 heavy (non-hydrogen) atoms. The predicted molar refractivity (Wildman–Crippen MR) is 81.9 cm³/mol. The first-order chi connectivity index (χ1) is 9.41. The SMILES string of the molecule is CC(C)N(C)c1ccccc1CNC(=O)NC[C@H](C)O. The smallest absolute Gasteiger partial charge is 0.315 e. The van der Waals surface area contributed by atoms with Crippen molar-refractivity contribution in [3.8, 4) is 0 Å². The number of amides is 2. The van der Waals surface area contributed by atoms with Crippen LogP contribution in [0.5, 0.6) is 0 Å². The zero-order valence-electron chi connectivity index (χ0n) is 12.7. The summed E-state index contributed by atoms with van der Waals surface area (Å²) in [6.45, 7) is 6.59. The monoisotopic (exact) mass is 279 g/mol. The largest absolute Gasteiger partial charge is 0.392 e. The van der Waals surface area contributed by atoms with Crippen molar-refractivity contribution in [1.82, 2.24) is 10.6 Å². The number of benzene rings is 1. The maximum atomic E-state index is 11.6. The molecule has 5 heteroatoms. The van der Waals surface area contributed by atoms with Gasteiger partial charge in [0, 0.05) is 31.9 Å². The van der Waals surface area contributed by atoms with Crippen molar-refractivity contribution in [2.24, 2.45) is 0 Å². The van der Waals surface area contributed by atoms with Crippen LogP contribution in [0.2, 0.25) is 0 Å². The third kappa shape index (κ3) is 5.09. The third-order valence-corrected chi connectivity index (χ3v) is 3.14. The van der Waals surface area contributed by atoms with Crippen LogP contribution in [-0.2, 0) is 6.54 Å². The lowest BCUT2D eigenvalue weighted by Gasteiger charge is -2.26. The lowest BCUT2D eigenvalue weighted by atomic mass is 10.1. The molecule has 1 rings (SSSR count). The first-order valence-corrected chi connectivity index (χ1v) is 6.92. The molecule has 0 fully saturated rings. The molecule has 0 radical (unpaired) electrons. The van der Waals surface area contributed by atoms with E-state index in [1.165, 1.54) is 0 Å². The highest BCUT2D eigenvalue weighted by molar-refractivity contribution is 5.74. The number of hydrogen-bond donors (Lipinski definition) is 3. The third-order valence-electron chi connectivity index (χ3n) is 3.14. The van der Waals surface area contributed by atoms with Crippen molar-refractivity contribution in [3.63, 3.8) is 0 Å². The van der Waals surface area contributed by atoms with Crippen molar-refractivity contribution in [2.75, 3.05) is 18.5 Å². The van der Waals surface area contributed by atoms with E-state index in [9.17, 15) is 4.79 Å². The molecular formula is C15H25N3O2. The fourth-order valence-corrected chi connectivity index (χ4v) is 1.76. The minimum absolute atomic E-state index is 0.249. The van der Waals surface area contributed by atoms with E-state index >= 15 is 0 Å². The van der Waals surface area contributed by atoms with Gasteiger partial charge in [-0.2, -0.15) is 0 Å². The summed E-state index contributed by atoms with van der Waals surface area (Å²) in [5, 5.41) is 14.5. The Morgan fingerprint density at radius 2 is 1.90 bits per heavy atom. The molecule has 0 spiro atoms. The number of anilines is 1. The van der Waals surface area contributed by atoms with Crippen LogP contribution in [0.4, 0.5) is 10.5 Å². The maximum absolute atomic E-state index is 11.6. The first-order valence-electron chi connectivity index (χ1n) is 6.92. The molecule has 5 nitrogen and oxygen atoms in total. The zero-order valence-corrected chi connectivity index (χ0v) is 12.7. The minimum atomic E-state index is -0.542. The highest BCUT2D eigenvalue weighted by Gasteiger charge is 2.10. The van der Waals surface area contributed by atoms with E-state index in [1.807, 2.05) is 31.3 Å². The fraction of sp³-hybridized carbons (Fsp3) is 0.533. The quantitative estimate of drug-likeness (QED) is 0.743. The molecule has 0 aliphatic rings. The lowest BCUT2D eigenvalue weighted by Crippen LogP contribution is -2.39. The van der Waals surface area contributed by atoms with Crippen LogP contribution < -0.4 is 15.5 Å². The van der Waals surface area contributed by atoms with Gasteiger partial charge in [-0.05, 0) is 32.4 Å². The number of aliphatic hydroxyl groups excluding tert-OH is 1. The number of nitrogens with zero attached hydrogens (tertiary/aromatic N) is 1. The highest BCUT2D eigenvalue weighted by atomic mass is 16.3. The number of rotatable bonds is 6. The summed E-state index contributed by atoms with van der Waals surface area (Å²) >= 11 is 0. The molecule has 0 unspecified atom stereocenters. The van der Waals surface area contributed by atoms with Gasteiger partial charge >= 0.3 is 6.03 Å². The second-order valence-electron chi connectivity index (χ2n) is 5.25. The summed E-state index contributed by atoms with van der Waals surface area (Å²) in [5.74, 6) is 0. The van der Waals surface area contributed by atoms with E-state index in [1.54, 1.807) is 6.92 Å². The van der Waals surface area contributed by atoms with Crippen LogP contribution in [-0.4, -0.2) is 36.9 Å². The maximum Gasteiger partial charge on any atom is 0.315 e. The number of nitrogens with one attached hydrogen (secondary N) is 2. The average molecular weight is 279 g/mol. The summed E-state index contributed by atoms with van der Waals surface area (Å²) in [6, 6.07) is 8.12. The Kier molecular flexibility index (Phi) is 6.31. The molecular weight excluding hydrogens is 254 g/mol. The van der Waals surface area contributed by atoms with E-state index in [2.05, 4.69) is 29.4 Å². The summed E-state index contributed by atoms with van der Waals surface area (Å²) in [7, 11) is 2.04. The molecule has 0 aromatic heterocycles. The summed E-state index contributed by atoms with van der Waals surface area (Å²) in [5.41, 5.74) is 2.18. The predicted octanol–water partition coefficient (Wildman–Crippen LogP) is 1.71. The van der Waals surface area contributed by atoms with Crippen molar-refractivity contribution in [2.45, 2.75) is 39.5 Å². The molecule has 1 atom stereocenters. The number of aliphatic hydroxyl groups is 1. The Balaban J connectivity index is 2.62. The van der Waals surface area contributed by atoms with Crippen LogP contribution in [0.15, 0.2) is 24.3 Å². The first kappa shape index (κ1) is 16.3. The van der Waals surface area contributed by atoms with Gasteiger partial charge in [0.15, 0.2) is 0 Å². The van der Waals surface area contributed by atoms with E-state index in [0.717, 1.165) is 11.3 Å². The van der Waals surface area contributed by atoms with E-state index in [0.29, 0.717) is 12.6 Å². The zero-order chi connectivity index (χ0) is 15.1. The Morgan fingerprint density at radius 3 is 2.50 bits per heavy atom. The summed E-state index contributed by atoms with van der Waals surface area (Å²) < 4.78 is 0. The van der Waals surface area contributed by atoms with Crippen LogP contribution in [0.25, 0.3) is 0 Å². The molecule has 2 amide bonds. The number of carbonyl (C=O) groups is 1. The highest BCUT2D eigenvalue weighted by Crippen LogP contribution is 2.20. The molecule has 0 saturated carbocycles. The van der Waals surface area contributed by atoms with Gasteiger partial charge < -0.3 is 20.6 Å². The molecule has 0 aliphatic carbocycles. The topological polar surface area (TPSA) is 64.6 Å². The van der Waals surface area contributed by atoms with Gasteiger partial charge in [0.2, 0.25) is 0 Å². The fourth-order valence-electron chi connectivity index (χ4n) is 1.76. The summed E-state index contributed by atoms with van der Waals surface area (Å²) in [6.07, 6.45) is -0.542. The van der Waals surface area contributed by atoms with Crippen LogP contribution >= 0.6 is 0 Å². The van der Waals surface area contributed by atoms with Crippen molar-refractivity contribution < 1.29 is 9.90 Å². The molecule has 1 aromatic rings. The average Bonchev–Trinajstić information content (AvgIpc) is 2.42. The number of hydrogen-bond acceptors (Lipinski definition) is 3. The standard InChI is InChI=1S/C15H25N3O2/c1-11(2)18(4)14-8-6-5-7-13(14)10-17-15(20)16-9-12(3)19/h5-8,11-12,19H,9-10H2,1-4H3,(H2,16,17,20)/t12-/m0/s1. The Bertz CT molecular complexity index is 433. The molecule has 0 bridgehead atoms. The molecule has 0 saturated heterocycles. The van der Waals surface area contributed by atoms with Crippen molar-refractivity contribution >= 4 is 11.7 Å². The van der Waals surface area contributed by atoms with Crippen LogP contribution in [0, 0.1) is 0 Å². The van der Waals surface area contributed by atoms with Crippen molar-refractivity contribution in [3.05, 3.63) is 29.8 Å². The Labute approximate surface area is 121 Å². The molecule has 3 N–H and O–H groups in total. The van der Waals surface area contributed by atoms with Gasteiger partial charge in [-0.25, -0.2) is 4.79 Å². The van der Waals surface area contributed by atoms with E-state index < -0.39 is 6.10 Å². The number of carbonyl (C=O) groups excluding carboxylic acids is 1. The van der Waals surface area contributed by atoms with Gasteiger partial charge in [-0.1, -0.05) is 18.2 Å². The van der Waals surface area contributed by atoms with Gasteiger partial charge in [0.1, 0.15) is 0 Å².